The molecule has 0 fully saturated rings. The lowest BCUT2D eigenvalue weighted by Gasteiger charge is -2.23. The van der Waals surface area contributed by atoms with Gasteiger partial charge in [0, 0.05) is 0 Å². The van der Waals surface area contributed by atoms with E-state index in [1.54, 1.807) is 0 Å². The van der Waals surface area contributed by atoms with Gasteiger partial charge in [0.15, 0.2) is 5.54 Å². The summed E-state index contributed by atoms with van der Waals surface area (Å²) in [7, 11) is 0. The van der Waals surface area contributed by atoms with Crippen LogP contribution < -0.4 is 5.73 Å². The molecule has 0 aliphatic carbocycles. The second kappa shape index (κ2) is 4.92. The van der Waals surface area contributed by atoms with Crippen molar-refractivity contribution >= 4 is 0 Å². The first-order valence-corrected chi connectivity index (χ1v) is 4.96. The second-order valence-corrected chi connectivity index (χ2v) is 3.81. The average Bonchev–Trinajstić information content (AvgIpc) is 2.27. The van der Waals surface area contributed by atoms with Crippen LogP contribution in [0.5, 0.6) is 0 Å². The number of ether oxygens (including phenoxy) is 1. The third-order valence-electron chi connectivity index (χ3n) is 2.13. The third-order valence-corrected chi connectivity index (χ3v) is 2.13. The lowest BCUT2D eigenvalue weighted by atomic mass is 9.94. The predicted octanol–water partition coefficient (Wildman–Crippen LogP) is 1.79. The highest BCUT2D eigenvalue weighted by Crippen LogP contribution is 2.18. The molecule has 0 amide bonds. The number of benzene rings is 1. The van der Waals surface area contributed by atoms with Gasteiger partial charge in [-0.15, -0.1) is 0 Å². The highest BCUT2D eigenvalue weighted by molar-refractivity contribution is 5.30. The van der Waals surface area contributed by atoms with Crippen LogP contribution in [0, 0.1) is 11.3 Å². The van der Waals surface area contributed by atoms with Gasteiger partial charge in [0.2, 0.25) is 0 Å². The van der Waals surface area contributed by atoms with Crippen molar-refractivity contribution in [1.29, 1.82) is 5.26 Å². The molecule has 15 heavy (non-hydrogen) atoms. The Labute approximate surface area is 90.5 Å². The van der Waals surface area contributed by atoms with Gasteiger partial charge in [-0.05, 0) is 19.4 Å². The maximum absolute atomic E-state index is 9.10. The van der Waals surface area contributed by atoms with E-state index in [2.05, 4.69) is 6.07 Å². The lowest BCUT2D eigenvalue weighted by Crippen LogP contribution is -2.40. The summed E-state index contributed by atoms with van der Waals surface area (Å²) >= 11 is 0. The van der Waals surface area contributed by atoms with Crippen molar-refractivity contribution in [1.82, 2.24) is 0 Å². The largest absolute Gasteiger partial charge is 0.375 e. The van der Waals surface area contributed by atoms with Crippen LogP contribution in [-0.4, -0.2) is 12.7 Å². The van der Waals surface area contributed by atoms with E-state index in [-0.39, 0.29) is 12.7 Å². The van der Waals surface area contributed by atoms with E-state index < -0.39 is 5.54 Å². The Hall–Kier alpha value is -1.37. The lowest BCUT2D eigenvalue weighted by molar-refractivity contribution is 0.0534. The van der Waals surface area contributed by atoms with Crippen molar-refractivity contribution in [3.8, 4) is 6.07 Å². The van der Waals surface area contributed by atoms with Gasteiger partial charge in [-0.25, -0.2) is 0 Å². The van der Waals surface area contributed by atoms with Crippen molar-refractivity contribution in [3.63, 3.8) is 0 Å². The van der Waals surface area contributed by atoms with Gasteiger partial charge in [-0.1, -0.05) is 30.3 Å². The maximum atomic E-state index is 9.10. The molecule has 0 radical (unpaired) electrons. The summed E-state index contributed by atoms with van der Waals surface area (Å²) < 4.78 is 5.40. The SMILES string of the molecule is CC(C)OCC(N)(C#N)c1ccccc1. The Bertz CT molecular complexity index is 342. The first-order valence-electron chi connectivity index (χ1n) is 4.96. The smallest absolute Gasteiger partial charge is 0.153 e. The fraction of sp³-hybridized carbons (Fsp3) is 0.417. The monoisotopic (exact) mass is 204 g/mol. The number of hydrogen-bond acceptors (Lipinski definition) is 3. The van der Waals surface area contributed by atoms with Crippen molar-refractivity contribution in [2.45, 2.75) is 25.5 Å². The predicted molar refractivity (Wildman–Crippen MR) is 59.0 cm³/mol. The van der Waals surface area contributed by atoms with Gasteiger partial charge in [0.05, 0.1) is 18.8 Å². The van der Waals surface area contributed by atoms with Gasteiger partial charge in [0.1, 0.15) is 0 Å². The standard InChI is InChI=1S/C12H16N2O/c1-10(2)15-9-12(14,8-13)11-6-4-3-5-7-11/h3-7,10H,9,14H2,1-2H3. The first kappa shape index (κ1) is 11.7. The molecule has 1 aromatic rings. The molecule has 1 aromatic carbocycles. The molecule has 2 N–H and O–H groups in total. The minimum absolute atomic E-state index is 0.0741. The molecule has 1 atom stereocenters. The van der Waals surface area contributed by atoms with E-state index >= 15 is 0 Å². The Balaban J connectivity index is 2.82. The zero-order valence-corrected chi connectivity index (χ0v) is 9.10. The number of nitrogens with two attached hydrogens (primary N) is 1. The molecule has 1 unspecified atom stereocenters. The van der Waals surface area contributed by atoms with Crippen LogP contribution in [0.25, 0.3) is 0 Å². The van der Waals surface area contributed by atoms with Crippen LogP contribution >= 0.6 is 0 Å². The van der Waals surface area contributed by atoms with Crippen molar-refractivity contribution in [2.75, 3.05) is 6.61 Å². The molecule has 0 aliphatic heterocycles. The van der Waals surface area contributed by atoms with E-state index in [9.17, 15) is 0 Å². The molecular formula is C12H16N2O. The molecule has 0 spiro atoms. The Morgan fingerprint density at radius 1 is 1.40 bits per heavy atom. The highest BCUT2D eigenvalue weighted by Gasteiger charge is 2.27. The first-order chi connectivity index (χ1) is 7.08. The van der Waals surface area contributed by atoms with Crippen LogP contribution in [0.1, 0.15) is 19.4 Å². The quantitative estimate of drug-likeness (QED) is 0.813. The highest BCUT2D eigenvalue weighted by atomic mass is 16.5. The van der Waals surface area contributed by atoms with E-state index in [0.717, 1.165) is 5.56 Å². The molecule has 0 aromatic heterocycles. The fourth-order valence-electron chi connectivity index (χ4n) is 1.21. The van der Waals surface area contributed by atoms with Gasteiger partial charge in [-0.2, -0.15) is 5.26 Å². The normalized spacial score (nSPS) is 14.6. The minimum Gasteiger partial charge on any atom is -0.375 e. The minimum atomic E-state index is -1.05. The number of nitriles is 1. The molecule has 3 nitrogen and oxygen atoms in total. The van der Waals surface area contributed by atoms with E-state index in [4.69, 9.17) is 15.7 Å². The van der Waals surface area contributed by atoms with E-state index in [1.165, 1.54) is 0 Å². The van der Waals surface area contributed by atoms with Crippen LogP contribution in [0.15, 0.2) is 30.3 Å². The van der Waals surface area contributed by atoms with Crippen LogP contribution in [-0.2, 0) is 10.3 Å². The van der Waals surface area contributed by atoms with Crippen LogP contribution in [0.2, 0.25) is 0 Å². The Kier molecular flexibility index (Phi) is 3.84. The molecular weight excluding hydrogens is 188 g/mol. The molecule has 80 valence electrons. The fourth-order valence-corrected chi connectivity index (χ4v) is 1.21. The molecule has 0 saturated carbocycles. The Morgan fingerprint density at radius 2 is 2.00 bits per heavy atom. The molecule has 0 bridgehead atoms. The van der Waals surface area contributed by atoms with Gasteiger partial charge < -0.3 is 10.5 Å². The van der Waals surface area contributed by atoms with Crippen molar-refractivity contribution < 1.29 is 4.74 Å². The van der Waals surface area contributed by atoms with E-state index in [0.29, 0.717) is 0 Å². The summed E-state index contributed by atoms with van der Waals surface area (Å²) in [4.78, 5) is 0. The topological polar surface area (TPSA) is 59.0 Å². The summed E-state index contributed by atoms with van der Waals surface area (Å²) in [6.07, 6.45) is 0.0741. The van der Waals surface area contributed by atoms with Crippen LogP contribution in [0.4, 0.5) is 0 Å². The van der Waals surface area contributed by atoms with Crippen molar-refractivity contribution in [3.05, 3.63) is 35.9 Å². The van der Waals surface area contributed by atoms with Gasteiger partial charge >= 0.3 is 0 Å². The molecule has 0 aliphatic rings. The van der Waals surface area contributed by atoms with Crippen molar-refractivity contribution in [2.24, 2.45) is 5.73 Å². The number of nitrogens with zero attached hydrogens (tertiary/aromatic N) is 1. The zero-order valence-electron chi connectivity index (χ0n) is 9.10. The summed E-state index contributed by atoms with van der Waals surface area (Å²) in [5.74, 6) is 0. The average molecular weight is 204 g/mol. The summed E-state index contributed by atoms with van der Waals surface area (Å²) in [6, 6.07) is 11.4. The molecule has 0 heterocycles. The zero-order chi connectivity index (χ0) is 11.3. The summed E-state index contributed by atoms with van der Waals surface area (Å²) in [5, 5.41) is 9.10. The molecule has 3 heteroatoms. The third kappa shape index (κ3) is 3.05. The Morgan fingerprint density at radius 3 is 2.47 bits per heavy atom. The summed E-state index contributed by atoms with van der Waals surface area (Å²) in [5.41, 5.74) is 5.72. The van der Waals surface area contributed by atoms with Crippen LogP contribution in [0.3, 0.4) is 0 Å². The summed E-state index contributed by atoms with van der Waals surface area (Å²) in [6.45, 7) is 4.05. The maximum Gasteiger partial charge on any atom is 0.153 e. The van der Waals surface area contributed by atoms with Gasteiger partial charge in [0.25, 0.3) is 0 Å². The van der Waals surface area contributed by atoms with E-state index in [1.807, 2.05) is 44.2 Å². The van der Waals surface area contributed by atoms with Gasteiger partial charge in [-0.3, -0.25) is 0 Å². The molecule has 1 rings (SSSR count). The number of hydrogen-bond donors (Lipinski definition) is 1. The molecule has 0 saturated heterocycles. The second-order valence-electron chi connectivity index (χ2n) is 3.81. The number of rotatable bonds is 4.